The number of carbonyl (C=O) groups excluding carboxylic acids is 1. The Morgan fingerprint density at radius 3 is 2.83 bits per heavy atom. The maximum absolute atomic E-state index is 11.9. The van der Waals surface area contributed by atoms with E-state index in [9.17, 15) is 4.79 Å². The van der Waals surface area contributed by atoms with E-state index in [1.54, 1.807) is 25.4 Å². The van der Waals surface area contributed by atoms with Gasteiger partial charge in [0.15, 0.2) is 0 Å². The zero-order chi connectivity index (χ0) is 13.6. The van der Waals surface area contributed by atoms with Gasteiger partial charge >= 0.3 is 0 Å². The Kier molecular flexibility index (Phi) is 5.09. The van der Waals surface area contributed by atoms with Crippen LogP contribution >= 0.6 is 0 Å². The summed E-state index contributed by atoms with van der Waals surface area (Å²) < 4.78 is 5.51. The SMILES string of the molecule is CCOC(C)(C)CNC(=O)c1cc(NC)ccn1. The molecular formula is C13H21N3O2. The molecule has 0 aliphatic rings. The molecule has 5 nitrogen and oxygen atoms in total. The highest BCUT2D eigenvalue weighted by Crippen LogP contribution is 2.09. The third-order valence-electron chi connectivity index (χ3n) is 2.49. The van der Waals surface area contributed by atoms with Crippen molar-refractivity contribution in [1.29, 1.82) is 0 Å². The van der Waals surface area contributed by atoms with Crippen molar-refractivity contribution >= 4 is 11.6 Å². The highest BCUT2D eigenvalue weighted by atomic mass is 16.5. The van der Waals surface area contributed by atoms with Gasteiger partial charge in [-0.3, -0.25) is 9.78 Å². The summed E-state index contributed by atoms with van der Waals surface area (Å²) in [6.45, 7) is 6.88. The molecule has 0 spiro atoms. The number of aromatic nitrogens is 1. The second kappa shape index (κ2) is 6.35. The van der Waals surface area contributed by atoms with Crippen molar-refractivity contribution in [2.75, 3.05) is 25.5 Å². The minimum atomic E-state index is -0.370. The van der Waals surface area contributed by atoms with Gasteiger partial charge in [-0.1, -0.05) is 0 Å². The Morgan fingerprint density at radius 2 is 2.22 bits per heavy atom. The molecule has 5 heteroatoms. The molecule has 18 heavy (non-hydrogen) atoms. The molecule has 0 aromatic carbocycles. The minimum Gasteiger partial charge on any atom is -0.388 e. The minimum absolute atomic E-state index is 0.195. The van der Waals surface area contributed by atoms with Gasteiger partial charge in [0.25, 0.3) is 5.91 Å². The Labute approximate surface area is 108 Å². The number of pyridine rings is 1. The number of carbonyl (C=O) groups is 1. The lowest BCUT2D eigenvalue weighted by atomic mass is 10.1. The number of nitrogens with zero attached hydrogens (tertiary/aromatic N) is 1. The van der Waals surface area contributed by atoms with Crippen LogP contribution in [0.25, 0.3) is 0 Å². The van der Waals surface area contributed by atoms with Crippen LogP contribution in [0.15, 0.2) is 18.3 Å². The predicted octanol–water partition coefficient (Wildman–Crippen LogP) is 1.67. The van der Waals surface area contributed by atoms with Crippen LogP contribution in [0.3, 0.4) is 0 Å². The van der Waals surface area contributed by atoms with Crippen molar-refractivity contribution < 1.29 is 9.53 Å². The first kappa shape index (κ1) is 14.4. The molecule has 0 atom stereocenters. The van der Waals surface area contributed by atoms with Crippen molar-refractivity contribution in [3.8, 4) is 0 Å². The predicted molar refractivity (Wildman–Crippen MR) is 71.8 cm³/mol. The fourth-order valence-corrected chi connectivity index (χ4v) is 1.54. The van der Waals surface area contributed by atoms with Gasteiger partial charge < -0.3 is 15.4 Å². The summed E-state index contributed by atoms with van der Waals surface area (Å²) in [7, 11) is 1.80. The molecular weight excluding hydrogens is 230 g/mol. The molecule has 1 heterocycles. The second-order valence-corrected chi connectivity index (χ2v) is 4.56. The van der Waals surface area contributed by atoms with Crippen molar-refractivity contribution in [2.24, 2.45) is 0 Å². The summed E-state index contributed by atoms with van der Waals surface area (Å²) in [4.78, 5) is 15.9. The van der Waals surface area contributed by atoms with Crippen molar-refractivity contribution in [1.82, 2.24) is 10.3 Å². The number of nitrogens with one attached hydrogen (secondary N) is 2. The van der Waals surface area contributed by atoms with Gasteiger partial charge in [0.2, 0.25) is 0 Å². The van der Waals surface area contributed by atoms with E-state index >= 15 is 0 Å². The van der Waals surface area contributed by atoms with Crippen LogP contribution in [0, 0.1) is 0 Å². The fraction of sp³-hybridized carbons (Fsp3) is 0.538. The molecule has 0 aliphatic heterocycles. The Bertz CT molecular complexity index is 405. The van der Waals surface area contributed by atoms with Crippen LogP contribution in [0.5, 0.6) is 0 Å². The molecule has 0 fully saturated rings. The summed E-state index contributed by atoms with van der Waals surface area (Å²) in [5.74, 6) is -0.195. The largest absolute Gasteiger partial charge is 0.388 e. The van der Waals surface area contributed by atoms with Gasteiger partial charge in [-0.05, 0) is 32.9 Å². The van der Waals surface area contributed by atoms with Gasteiger partial charge in [0.05, 0.1) is 5.60 Å². The number of rotatable bonds is 6. The summed E-state index contributed by atoms with van der Waals surface area (Å²) in [5.41, 5.74) is 0.888. The van der Waals surface area contributed by atoms with Crippen molar-refractivity contribution in [2.45, 2.75) is 26.4 Å². The zero-order valence-corrected chi connectivity index (χ0v) is 11.4. The van der Waals surface area contributed by atoms with Gasteiger partial charge in [-0.15, -0.1) is 0 Å². The first-order valence-corrected chi connectivity index (χ1v) is 6.04. The summed E-state index contributed by atoms with van der Waals surface area (Å²) in [6.07, 6.45) is 1.61. The number of ether oxygens (including phenoxy) is 1. The first-order chi connectivity index (χ1) is 8.48. The summed E-state index contributed by atoms with van der Waals surface area (Å²) in [6, 6.07) is 3.52. The molecule has 0 radical (unpaired) electrons. The average Bonchev–Trinajstić information content (AvgIpc) is 2.36. The molecule has 1 aromatic rings. The third kappa shape index (κ3) is 4.33. The van der Waals surface area contributed by atoms with E-state index in [-0.39, 0.29) is 11.5 Å². The standard InChI is InChI=1S/C13H21N3O2/c1-5-18-13(2,3)9-16-12(17)11-8-10(14-4)6-7-15-11/h6-8H,5,9H2,1-4H3,(H,14,15)(H,16,17). The quantitative estimate of drug-likeness (QED) is 0.807. The highest BCUT2D eigenvalue weighted by Gasteiger charge is 2.19. The molecule has 1 aromatic heterocycles. The smallest absolute Gasteiger partial charge is 0.270 e. The molecule has 1 amide bonds. The Morgan fingerprint density at radius 1 is 1.50 bits per heavy atom. The van der Waals surface area contributed by atoms with E-state index < -0.39 is 0 Å². The lowest BCUT2D eigenvalue weighted by Crippen LogP contribution is -2.40. The molecule has 0 unspecified atom stereocenters. The second-order valence-electron chi connectivity index (χ2n) is 4.56. The summed E-state index contributed by atoms with van der Waals surface area (Å²) in [5, 5.41) is 5.79. The molecule has 1 rings (SSSR count). The maximum atomic E-state index is 11.9. The molecule has 2 N–H and O–H groups in total. The average molecular weight is 251 g/mol. The molecule has 0 bridgehead atoms. The van der Waals surface area contributed by atoms with Crippen LogP contribution < -0.4 is 10.6 Å². The molecule has 100 valence electrons. The van der Waals surface area contributed by atoms with Crippen LogP contribution in [0.4, 0.5) is 5.69 Å². The topological polar surface area (TPSA) is 63.2 Å². The van der Waals surface area contributed by atoms with Crippen LogP contribution in [0.1, 0.15) is 31.3 Å². The number of amides is 1. The van der Waals surface area contributed by atoms with E-state index in [4.69, 9.17) is 4.74 Å². The monoisotopic (exact) mass is 251 g/mol. The van der Waals surface area contributed by atoms with E-state index in [1.807, 2.05) is 20.8 Å². The van der Waals surface area contributed by atoms with Crippen molar-refractivity contribution in [3.05, 3.63) is 24.0 Å². The third-order valence-corrected chi connectivity index (χ3v) is 2.49. The van der Waals surface area contributed by atoms with E-state index in [0.29, 0.717) is 18.8 Å². The molecule has 0 saturated heterocycles. The van der Waals surface area contributed by atoms with Crippen molar-refractivity contribution in [3.63, 3.8) is 0 Å². The number of hydrogen-bond acceptors (Lipinski definition) is 4. The van der Waals surface area contributed by atoms with E-state index in [0.717, 1.165) is 5.69 Å². The maximum Gasteiger partial charge on any atom is 0.270 e. The summed E-state index contributed by atoms with van der Waals surface area (Å²) >= 11 is 0. The highest BCUT2D eigenvalue weighted by molar-refractivity contribution is 5.93. The van der Waals surface area contributed by atoms with Gasteiger partial charge in [0.1, 0.15) is 5.69 Å². The van der Waals surface area contributed by atoms with E-state index in [2.05, 4.69) is 15.6 Å². The lowest BCUT2D eigenvalue weighted by molar-refractivity contribution is -0.00818. The number of anilines is 1. The molecule has 0 saturated carbocycles. The lowest BCUT2D eigenvalue weighted by Gasteiger charge is -2.24. The first-order valence-electron chi connectivity index (χ1n) is 6.04. The van der Waals surface area contributed by atoms with Crippen LogP contribution in [-0.4, -0.2) is 36.7 Å². The van der Waals surface area contributed by atoms with Gasteiger partial charge in [0, 0.05) is 32.1 Å². The van der Waals surface area contributed by atoms with Gasteiger partial charge in [-0.2, -0.15) is 0 Å². The zero-order valence-electron chi connectivity index (χ0n) is 11.4. The molecule has 0 aliphatic carbocycles. The number of hydrogen-bond donors (Lipinski definition) is 2. The van der Waals surface area contributed by atoms with Crippen LogP contribution in [-0.2, 0) is 4.74 Å². The van der Waals surface area contributed by atoms with Gasteiger partial charge in [-0.25, -0.2) is 0 Å². The Balaban J connectivity index is 2.60. The van der Waals surface area contributed by atoms with Crippen LogP contribution in [0.2, 0.25) is 0 Å². The normalized spacial score (nSPS) is 11.1. The van der Waals surface area contributed by atoms with E-state index in [1.165, 1.54) is 0 Å². The Hall–Kier alpha value is -1.62. The fourth-order valence-electron chi connectivity index (χ4n) is 1.54.